The maximum atomic E-state index is 12.6. The molecule has 7 nitrogen and oxygen atoms in total. The molecule has 1 aliphatic heterocycles. The Balaban J connectivity index is 1.42. The Labute approximate surface area is 159 Å². The van der Waals surface area contributed by atoms with Crippen LogP contribution < -0.4 is 10.2 Å². The minimum atomic E-state index is -0.0388. The molecule has 9 heteroatoms. The summed E-state index contributed by atoms with van der Waals surface area (Å²) in [5.41, 5.74) is 1.04. The van der Waals surface area contributed by atoms with E-state index in [2.05, 4.69) is 20.5 Å². The van der Waals surface area contributed by atoms with Gasteiger partial charge in [0.15, 0.2) is 5.13 Å². The topological polar surface area (TPSA) is 83.1 Å². The molecule has 2 N–H and O–H groups in total. The molecule has 1 amide bonds. The van der Waals surface area contributed by atoms with Crippen molar-refractivity contribution < 1.29 is 9.53 Å². The Morgan fingerprint density at radius 2 is 2.35 bits per heavy atom. The second kappa shape index (κ2) is 7.34. The quantitative estimate of drug-likeness (QED) is 0.698. The molecule has 0 radical (unpaired) electrons. The summed E-state index contributed by atoms with van der Waals surface area (Å²) in [4.78, 5) is 20.7. The molecular weight excluding hydrogens is 370 g/mol. The molecule has 4 rings (SSSR count). The Morgan fingerprint density at radius 3 is 3.08 bits per heavy atom. The molecule has 0 saturated carbocycles. The van der Waals surface area contributed by atoms with Crippen LogP contribution in [0.5, 0.6) is 0 Å². The summed E-state index contributed by atoms with van der Waals surface area (Å²) in [5.74, 6) is 0.216. The molecule has 0 unspecified atom stereocenters. The van der Waals surface area contributed by atoms with Gasteiger partial charge in [-0.3, -0.25) is 9.89 Å². The van der Waals surface area contributed by atoms with E-state index in [4.69, 9.17) is 4.74 Å². The van der Waals surface area contributed by atoms with Crippen LogP contribution in [0.15, 0.2) is 18.5 Å². The number of hydrogen-bond acceptors (Lipinski definition) is 7. The molecule has 2 atom stereocenters. The monoisotopic (exact) mass is 391 g/mol. The summed E-state index contributed by atoms with van der Waals surface area (Å²) in [6.07, 6.45) is 5.70. The minimum absolute atomic E-state index is 0.0149. The lowest BCUT2D eigenvalue weighted by atomic mass is 9.91. The Morgan fingerprint density at radius 1 is 1.46 bits per heavy atom. The van der Waals surface area contributed by atoms with Crippen molar-refractivity contribution in [1.29, 1.82) is 0 Å². The summed E-state index contributed by atoms with van der Waals surface area (Å²) in [6, 6.07) is 1.94. The van der Waals surface area contributed by atoms with Crippen molar-refractivity contribution in [2.45, 2.75) is 18.9 Å². The van der Waals surface area contributed by atoms with Gasteiger partial charge in [0.25, 0.3) is 5.91 Å². The van der Waals surface area contributed by atoms with Crippen LogP contribution in [0.1, 0.15) is 34.2 Å². The van der Waals surface area contributed by atoms with Crippen LogP contribution >= 0.6 is 22.7 Å². The van der Waals surface area contributed by atoms with E-state index in [0.29, 0.717) is 11.4 Å². The highest BCUT2D eigenvalue weighted by atomic mass is 32.1. The number of nitrogens with one attached hydrogen (secondary N) is 2. The molecule has 0 bridgehead atoms. The Hall–Kier alpha value is -1.97. The number of hydrogen-bond donors (Lipinski definition) is 2. The third-order valence-corrected chi connectivity index (χ3v) is 6.83. The molecule has 26 heavy (non-hydrogen) atoms. The molecule has 1 saturated heterocycles. The number of anilines is 1. The fourth-order valence-electron chi connectivity index (χ4n) is 3.18. The summed E-state index contributed by atoms with van der Waals surface area (Å²) in [5, 5.41) is 10.9. The summed E-state index contributed by atoms with van der Waals surface area (Å²) in [7, 11) is 3.94. The smallest absolute Gasteiger partial charge is 0.261 e. The van der Waals surface area contributed by atoms with Crippen molar-refractivity contribution in [1.82, 2.24) is 20.5 Å². The molecule has 138 valence electrons. The van der Waals surface area contributed by atoms with E-state index in [9.17, 15) is 4.79 Å². The van der Waals surface area contributed by atoms with Gasteiger partial charge in [-0.15, -0.1) is 11.3 Å². The van der Waals surface area contributed by atoms with E-state index in [1.807, 2.05) is 31.3 Å². The van der Waals surface area contributed by atoms with Crippen LogP contribution in [0.4, 0.5) is 5.13 Å². The normalized spacial score (nSPS) is 20.4. The number of amides is 1. The number of thiazole rings is 1. The van der Waals surface area contributed by atoms with Crippen LogP contribution in [0.3, 0.4) is 0 Å². The van der Waals surface area contributed by atoms with Crippen LogP contribution in [0.25, 0.3) is 9.53 Å². The van der Waals surface area contributed by atoms with Gasteiger partial charge in [-0.25, -0.2) is 4.98 Å². The van der Waals surface area contributed by atoms with Gasteiger partial charge < -0.3 is 15.0 Å². The van der Waals surface area contributed by atoms with Crippen molar-refractivity contribution in [3.05, 3.63) is 28.9 Å². The summed E-state index contributed by atoms with van der Waals surface area (Å²) < 4.78 is 6.98. The van der Waals surface area contributed by atoms with E-state index in [0.717, 1.165) is 39.7 Å². The predicted octanol–water partition coefficient (Wildman–Crippen LogP) is 3.04. The van der Waals surface area contributed by atoms with Crippen molar-refractivity contribution >= 4 is 43.2 Å². The zero-order valence-electron chi connectivity index (χ0n) is 14.7. The third-order valence-electron chi connectivity index (χ3n) is 4.50. The van der Waals surface area contributed by atoms with Gasteiger partial charge in [-0.2, -0.15) is 5.10 Å². The molecule has 3 aromatic heterocycles. The molecule has 1 aliphatic rings. The number of carbonyl (C=O) groups is 1. The largest absolute Gasteiger partial charge is 0.373 e. The van der Waals surface area contributed by atoms with E-state index in [1.165, 1.54) is 11.3 Å². The van der Waals surface area contributed by atoms with Gasteiger partial charge in [-0.05, 0) is 18.9 Å². The zero-order chi connectivity index (χ0) is 18.1. The standard InChI is InChI=1S/C17H21N5O2S2/c1-22(2)17-21-16-13(26-17)6-12(25-16)15(23)18-7-10-4-3-5-24-14(10)11-8-19-20-9-11/h6,8-10,14H,3-5,7H2,1-2H3,(H,18,23)(H,19,20)/t10-,14+/m0/s1. The van der Waals surface area contributed by atoms with E-state index < -0.39 is 0 Å². The molecule has 1 fully saturated rings. The average Bonchev–Trinajstić information content (AvgIpc) is 3.35. The first-order chi connectivity index (χ1) is 12.6. The molecule has 0 aliphatic carbocycles. The summed E-state index contributed by atoms with van der Waals surface area (Å²) >= 11 is 3.05. The van der Waals surface area contributed by atoms with Crippen molar-refractivity contribution in [2.75, 3.05) is 32.1 Å². The number of nitrogens with zero attached hydrogens (tertiary/aromatic N) is 3. The van der Waals surface area contributed by atoms with Gasteiger partial charge in [0.05, 0.1) is 21.9 Å². The number of H-pyrrole nitrogens is 1. The van der Waals surface area contributed by atoms with E-state index in [-0.39, 0.29) is 17.9 Å². The first-order valence-electron chi connectivity index (χ1n) is 8.58. The van der Waals surface area contributed by atoms with Gasteiger partial charge in [0, 0.05) is 44.9 Å². The first kappa shape index (κ1) is 17.4. The highest BCUT2D eigenvalue weighted by Gasteiger charge is 2.28. The first-order valence-corrected chi connectivity index (χ1v) is 10.2. The van der Waals surface area contributed by atoms with Gasteiger partial charge >= 0.3 is 0 Å². The molecule has 4 heterocycles. The minimum Gasteiger partial charge on any atom is -0.373 e. The maximum absolute atomic E-state index is 12.6. The number of fused-ring (bicyclic) bond motifs is 1. The van der Waals surface area contributed by atoms with Crippen molar-refractivity contribution in [2.24, 2.45) is 5.92 Å². The van der Waals surface area contributed by atoms with Crippen LogP contribution in [0.2, 0.25) is 0 Å². The molecule has 3 aromatic rings. The number of thiophene rings is 1. The number of aromatic amines is 1. The second-order valence-electron chi connectivity index (χ2n) is 6.61. The fraction of sp³-hybridized carbons (Fsp3) is 0.471. The average molecular weight is 392 g/mol. The third kappa shape index (κ3) is 3.46. The van der Waals surface area contributed by atoms with Crippen LogP contribution in [-0.2, 0) is 4.74 Å². The highest BCUT2D eigenvalue weighted by Crippen LogP contribution is 2.35. The Bertz CT molecular complexity index is 855. The molecular formula is C17H21N5O2S2. The van der Waals surface area contributed by atoms with Gasteiger partial charge in [0.1, 0.15) is 4.83 Å². The lowest BCUT2D eigenvalue weighted by molar-refractivity contribution is -0.0272. The van der Waals surface area contributed by atoms with E-state index in [1.54, 1.807) is 17.5 Å². The van der Waals surface area contributed by atoms with E-state index >= 15 is 0 Å². The van der Waals surface area contributed by atoms with Crippen LogP contribution in [-0.4, -0.2) is 48.3 Å². The number of rotatable bonds is 5. The van der Waals surface area contributed by atoms with Crippen LogP contribution in [0, 0.1) is 5.92 Å². The maximum Gasteiger partial charge on any atom is 0.261 e. The molecule has 0 aromatic carbocycles. The summed E-state index contributed by atoms with van der Waals surface area (Å²) in [6.45, 7) is 1.35. The SMILES string of the molecule is CN(C)c1nc2sc(C(=O)NC[C@@H]3CCCO[C@H]3c3cn[nH]c3)cc2s1. The second-order valence-corrected chi connectivity index (χ2v) is 8.65. The fourth-order valence-corrected chi connectivity index (χ4v) is 5.23. The highest BCUT2D eigenvalue weighted by molar-refractivity contribution is 7.29. The lowest BCUT2D eigenvalue weighted by Crippen LogP contribution is -2.34. The zero-order valence-corrected chi connectivity index (χ0v) is 16.3. The number of aromatic nitrogens is 3. The van der Waals surface area contributed by atoms with Crippen molar-refractivity contribution in [3.8, 4) is 0 Å². The van der Waals surface area contributed by atoms with Gasteiger partial charge in [-0.1, -0.05) is 11.3 Å². The molecule has 0 spiro atoms. The van der Waals surface area contributed by atoms with Gasteiger partial charge in [0.2, 0.25) is 0 Å². The number of carbonyl (C=O) groups excluding carboxylic acids is 1. The number of ether oxygens (including phenoxy) is 1. The lowest BCUT2D eigenvalue weighted by Gasteiger charge is -2.31. The van der Waals surface area contributed by atoms with Crippen molar-refractivity contribution in [3.63, 3.8) is 0 Å². The Kier molecular flexibility index (Phi) is 4.92. The predicted molar refractivity (Wildman–Crippen MR) is 104 cm³/mol.